The minimum atomic E-state index is -0.747. The van der Waals surface area contributed by atoms with Gasteiger partial charge in [-0.2, -0.15) is 0 Å². The Morgan fingerprint density at radius 1 is 1.44 bits per heavy atom. The first-order chi connectivity index (χ1) is 7.77. The van der Waals surface area contributed by atoms with E-state index in [1.165, 1.54) is 0 Å². The molecule has 1 fully saturated rings. The lowest BCUT2D eigenvalue weighted by Gasteiger charge is -2.33. The first kappa shape index (κ1) is 11.1. The topological polar surface area (TPSA) is 52.6 Å². The van der Waals surface area contributed by atoms with Crippen LogP contribution >= 0.6 is 0 Å². The minimum absolute atomic E-state index is 0.408. The zero-order valence-corrected chi connectivity index (χ0v) is 9.10. The molecule has 2 N–H and O–H groups in total. The van der Waals surface area contributed by atoms with E-state index >= 15 is 0 Å². The van der Waals surface area contributed by atoms with Gasteiger partial charge in [0.2, 0.25) is 0 Å². The molecule has 16 heavy (non-hydrogen) atoms. The number of rotatable bonds is 3. The highest BCUT2D eigenvalue weighted by Crippen LogP contribution is 2.14. The summed E-state index contributed by atoms with van der Waals surface area (Å²) in [6.45, 7) is 1.49. The molecule has 1 saturated heterocycles. The fourth-order valence-electron chi connectivity index (χ4n) is 1.99. The molecule has 0 aromatic heterocycles. The Morgan fingerprint density at radius 2 is 2.19 bits per heavy atom. The van der Waals surface area contributed by atoms with Crippen molar-refractivity contribution in [3.63, 3.8) is 0 Å². The predicted molar refractivity (Wildman–Crippen MR) is 60.6 cm³/mol. The van der Waals surface area contributed by atoms with Gasteiger partial charge in [0, 0.05) is 13.1 Å². The molecule has 4 nitrogen and oxygen atoms in total. The van der Waals surface area contributed by atoms with Crippen molar-refractivity contribution in [1.82, 2.24) is 10.4 Å². The van der Waals surface area contributed by atoms with Crippen LogP contribution in [-0.4, -0.2) is 28.7 Å². The Labute approximate surface area is 94.9 Å². The number of carboxylic acids is 1. The largest absolute Gasteiger partial charge is 0.480 e. The second kappa shape index (κ2) is 5.09. The number of hydrogen-bond donors (Lipinski definition) is 2. The molecule has 0 unspecified atom stereocenters. The van der Waals surface area contributed by atoms with Gasteiger partial charge < -0.3 is 5.11 Å². The van der Waals surface area contributed by atoms with Crippen LogP contribution in [0, 0.1) is 0 Å². The highest BCUT2D eigenvalue weighted by atomic mass is 16.4. The Hall–Kier alpha value is -1.39. The van der Waals surface area contributed by atoms with Crippen molar-refractivity contribution >= 4 is 5.97 Å². The fourth-order valence-corrected chi connectivity index (χ4v) is 1.99. The molecule has 1 heterocycles. The van der Waals surface area contributed by atoms with Crippen molar-refractivity contribution in [2.24, 2.45) is 0 Å². The summed E-state index contributed by atoms with van der Waals surface area (Å²) in [5.41, 5.74) is 4.28. The number of nitrogens with one attached hydrogen (secondary N) is 1. The fraction of sp³-hybridized carbons (Fsp3) is 0.417. The highest BCUT2D eigenvalue weighted by Gasteiger charge is 2.27. The Balaban J connectivity index is 2.04. The minimum Gasteiger partial charge on any atom is -0.480 e. The maximum Gasteiger partial charge on any atom is 0.322 e. The summed E-state index contributed by atoms with van der Waals surface area (Å²) < 4.78 is 0. The van der Waals surface area contributed by atoms with Gasteiger partial charge >= 0.3 is 5.97 Å². The predicted octanol–water partition coefficient (Wildman–Crippen LogP) is 1.24. The molecule has 0 aliphatic carbocycles. The zero-order chi connectivity index (χ0) is 11.4. The molecule has 1 atom stereocenters. The van der Waals surface area contributed by atoms with Gasteiger partial charge in [0.25, 0.3) is 0 Å². The van der Waals surface area contributed by atoms with Crippen molar-refractivity contribution in [1.29, 1.82) is 0 Å². The number of benzene rings is 1. The molecule has 1 aromatic carbocycles. The second-order valence-electron chi connectivity index (χ2n) is 4.02. The lowest BCUT2D eigenvalue weighted by Crippen LogP contribution is -2.52. The highest BCUT2D eigenvalue weighted by molar-refractivity contribution is 5.73. The lowest BCUT2D eigenvalue weighted by atomic mass is 10.1. The summed E-state index contributed by atoms with van der Waals surface area (Å²) >= 11 is 0. The van der Waals surface area contributed by atoms with Crippen molar-refractivity contribution in [3.05, 3.63) is 35.9 Å². The van der Waals surface area contributed by atoms with Crippen LogP contribution in [0.25, 0.3) is 0 Å². The zero-order valence-electron chi connectivity index (χ0n) is 9.10. The quantitative estimate of drug-likeness (QED) is 0.804. The molecule has 86 valence electrons. The standard InChI is InChI=1S/C12H16N2O2/c15-12(16)11-7-4-8-13-14(11)9-10-5-2-1-3-6-10/h1-3,5-6,11,13H,4,7-9H2,(H,15,16)/t11-/m1/s1. The second-order valence-corrected chi connectivity index (χ2v) is 4.02. The number of hydrazine groups is 1. The van der Waals surface area contributed by atoms with E-state index in [0.29, 0.717) is 6.54 Å². The maximum atomic E-state index is 11.1. The third kappa shape index (κ3) is 2.59. The number of carboxylic acid groups (broad SMARTS) is 1. The van der Waals surface area contributed by atoms with Gasteiger partial charge in [0.15, 0.2) is 0 Å². The van der Waals surface area contributed by atoms with Gasteiger partial charge in [0.1, 0.15) is 6.04 Å². The number of carbonyl (C=O) groups is 1. The Kier molecular flexibility index (Phi) is 3.54. The van der Waals surface area contributed by atoms with Crippen LogP contribution in [0.4, 0.5) is 0 Å². The van der Waals surface area contributed by atoms with Crippen molar-refractivity contribution in [3.8, 4) is 0 Å². The normalized spacial score (nSPS) is 21.9. The summed E-state index contributed by atoms with van der Waals surface area (Å²) in [6.07, 6.45) is 1.64. The van der Waals surface area contributed by atoms with Crippen LogP contribution in [0.5, 0.6) is 0 Å². The number of hydrogen-bond acceptors (Lipinski definition) is 3. The molecular weight excluding hydrogens is 204 g/mol. The van der Waals surface area contributed by atoms with Gasteiger partial charge in [0.05, 0.1) is 0 Å². The summed E-state index contributed by atoms with van der Waals surface area (Å²) in [7, 11) is 0. The molecule has 0 spiro atoms. The molecule has 0 amide bonds. The summed E-state index contributed by atoms with van der Waals surface area (Å²) in [4.78, 5) is 11.1. The van der Waals surface area contributed by atoms with Crippen molar-refractivity contribution < 1.29 is 9.90 Å². The molecule has 4 heteroatoms. The monoisotopic (exact) mass is 220 g/mol. The lowest BCUT2D eigenvalue weighted by molar-refractivity contribution is -0.146. The Bertz CT molecular complexity index is 353. The summed E-state index contributed by atoms with van der Waals surface area (Å²) in [5.74, 6) is -0.747. The summed E-state index contributed by atoms with van der Waals surface area (Å²) in [6, 6.07) is 9.50. The van der Waals surface area contributed by atoms with E-state index in [-0.39, 0.29) is 0 Å². The first-order valence-corrected chi connectivity index (χ1v) is 5.54. The van der Waals surface area contributed by atoms with E-state index < -0.39 is 12.0 Å². The first-order valence-electron chi connectivity index (χ1n) is 5.54. The molecule has 2 rings (SSSR count). The molecule has 0 radical (unpaired) electrons. The molecule has 1 aromatic rings. The number of nitrogens with zero attached hydrogens (tertiary/aromatic N) is 1. The average Bonchev–Trinajstić information content (AvgIpc) is 2.31. The third-order valence-electron chi connectivity index (χ3n) is 2.83. The molecule has 1 aliphatic rings. The van der Waals surface area contributed by atoms with E-state index in [1.807, 2.05) is 35.3 Å². The van der Waals surface area contributed by atoms with E-state index in [9.17, 15) is 4.79 Å². The molecular formula is C12H16N2O2. The third-order valence-corrected chi connectivity index (χ3v) is 2.83. The summed E-state index contributed by atoms with van der Waals surface area (Å²) in [5, 5.41) is 10.9. The maximum absolute atomic E-state index is 11.1. The van der Waals surface area contributed by atoms with Gasteiger partial charge in [-0.1, -0.05) is 30.3 Å². The van der Waals surface area contributed by atoms with E-state index in [4.69, 9.17) is 5.11 Å². The van der Waals surface area contributed by atoms with Crippen LogP contribution in [0.1, 0.15) is 18.4 Å². The van der Waals surface area contributed by atoms with Crippen LogP contribution < -0.4 is 5.43 Å². The van der Waals surface area contributed by atoms with E-state index in [2.05, 4.69) is 5.43 Å². The smallest absolute Gasteiger partial charge is 0.322 e. The molecule has 0 saturated carbocycles. The van der Waals surface area contributed by atoms with Crippen molar-refractivity contribution in [2.45, 2.75) is 25.4 Å². The average molecular weight is 220 g/mol. The van der Waals surface area contributed by atoms with Gasteiger partial charge in [-0.3, -0.25) is 10.2 Å². The van der Waals surface area contributed by atoms with Crippen LogP contribution in [-0.2, 0) is 11.3 Å². The van der Waals surface area contributed by atoms with Crippen molar-refractivity contribution in [2.75, 3.05) is 6.54 Å². The van der Waals surface area contributed by atoms with Gasteiger partial charge in [-0.05, 0) is 18.4 Å². The van der Waals surface area contributed by atoms with Crippen LogP contribution in [0.2, 0.25) is 0 Å². The Morgan fingerprint density at radius 3 is 2.88 bits per heavy atom. The number of aliphatic carboxylic acids is 1. The van der Waals surface area contributed by atoms with Crippen LogP contribution in [0.3, 0.4) is 0 Å². The van der Waals surface area contributed by atoms with E-state index in [0.717, 1.165) is 24.9 Å². The van der Waals surface area contributed by atoms with E-state index in [1.54, 1.807) is 0 Å². The molecule has 0 bridgehead atoms. The van der Waals surface area contributed by atoms with Gasteiger partial charge in [-0.15, -0.1) is 0 Å². The SMILES string of the molecule is O=C(O)[C@H]1CCCNN1Cc1ccccc1. The van der Waals surface area contributed by atoms with Gasteiger partial charge in [-0.25, -0.2) is 5.01 Å². The molecule has 1 aliphatic heterocycles. The van der Waals surface area contributed by atoms with Crippen LogP contribution in [0.15, 0.2) is 30.3 Å².